The van der Waals surface area contributed by atoms with Crippen molar-refractivity contribution in [1.29, 1.82) is 0 Å². The smallest absolute Gasteiger partial charge is 0.306 e. The first-order chi connectivity index (χ1) is 14.2. The van der Waals surface area contributed by atoms with Crippen LogP contribution in [-0.4, -0.2) is 35.4 Å². The third-order valence-corrected chi connectivity index (χ3v) is 4.80. The van der Waals surface area contributed by atoms with E-state index < -0.39 is 34.7 Å². The molecule has 0 aliphatic rings. The highest BCUT2D eigenvalue weighted by atomic mass is 79.9. The van der Waals surface area contributed by atoms with Gasteiger partial charge in [0.05, 0.1) is 18.0 Å². The van der Waals surface area contributed by atoms with Crippen molar-refractivity contribution < 1.29 is 24.0 Å². The molecule has 2 rings (SSSR count). The number of non-ortho nitro benzene ring substituents is 1. The monoisotopic (exact) mass is 477 g/mol. The molecule has 3 N–H and O–H groups in total. The van der Waals surface area contributed by atoms with Gasteiger partial charge in [0.1, 0.15) is 6.04 Å². The van der Waals surface area contributed by atoms with Crippen molar-refractivity contribution in [3.8, 4) is 0 Å². The third kappa shape index (κ3) is 6.11. The number of amides is 2. The molecular weight excluding hydrogens is 458 g/mol. The number of benzene rings is 2. The Morgan fingerprint density at radius 1 is 1.20 bits per heavy atom. The summed E-state index contributed by atoms with van der Waals surface area (Å²) in [6.45, 7) is 1.77. The van der Waals surface area contributed by atoms with Gasteiger partial charge in [0.15, 0.2) is 0 Å². The molecule has 0 heterocycles. The lowest BCUT2D eigenvalue weighted by Crippen LogP contribution is -2.48. The van der Waals surface area contributed by atoms with Crippen LogP contribution < -0.4 is 11.1 Å². The van der Waals surface area contributed by atoms with Crippen molar-refractivity contribution in [3.63, 3.8) is 0 Å². The van der Waals surface area contributed by atoms with E-state index in [1.165, 1.54) is 24.3 Å². The van der Waals surface area contributed by atoms with Gasteiger partial charge in [-0.2, -0.15) is 0 Å². The van der Waals surface area contributed by atoms with Crippen LogP contribution in [0.3, 0.4) is 0 Å². The quantitative estimate of drug-likeness (QED) is 0.323. The minimum absolute atomic E-state index is 0.136. The molecule has 2 aromatic carbocycles. The first-order valence-electron chi connectivity index (χ1n) is 8.98. The Balaban J connectivity index is 2.38. The number of carbonyl (C=O) groups is 3. The summed E-state index contributed by atoms with van der Waals surface area (Å²) in [5.74, 6) is -2.89. The molecule has 158 valence electrons. The maximum absolute atomic E-state index is 12.7. The van der Waals surface area contributed by atoms with Gasteiger partial charge in [-0.3, -0.25) is 24.5 Å². The van der Waals surface area contributed by atoms with Gasteiger partial charge in [-0.15, -0.1) is 0 Å². The molecule has 0 bridgehead atoms. The molecule has 0 aliphatic heterocycles. The number of nitrogens with two attached hydrogens (primary N) is 1. The van der Waals surface area contributed by atoms with E-state index >= 15 is 0 Å². The van der Waals surface area contributed by atoms with Gasteiger partial charge in [0, 0.05) is 28.1 Å². The van der Waals surface area contributed by atoms with E-state index in [2.05, 4.69) is 21.2 Å². The molecular formula is C20H20BrN3O6. The average molecular weight is 478 g/mol. The standard InChI is InChI=1S/C20H20BrN3O6/c1-2-30-17(25)11-16(12-6-8-15(9-7-12)24(28)29)18(19(22)26)23-20(27)13-4-3-5-14(21)10-13/h3-10,16,18H,2,11H2,1H3,(H2,22,26)(H,23,27)/t16-,18-/m0/s1. The largest absolute Gasteiger partial charge is 0.466 e. The van der Waals surface area contributed by atoms with Crippen LogP contribution in [-0.2, 0) is 14.3 Å². The number of nitrogens with zero attached hydrogens (tertiary/aromatic N) is 1. The molecule has 9 nitrogen and oxygen atoms in total. The maximum atomic E-state index is 12.7. The molecule has 0 spiro atoms. The fourth-order valence-electron chi connectivity index (χ4n) is 2.90. The highest BCUT2D eigenvalue weighted by Gasteiger charge is 2.32. The molecule has 0 radical (unpaired) electrons. The summed E-state index contributed by atoms with van der Waals surface area (Å²) in [5.41, 5.74) is 6.09. The molecule has 10 heteroatoms. The van der Waals surface area contributed by atoms with Crippen LogP contribution in [0.4, 0.5) is 5.69 Å². The minimum Gasteiger partial charge on any atom is -0.466 e. The fraction of sp³-hybridized carbons (Fsp3) is 0.250. The highest BCUT2D eigenvalue weighted by Crippen LogP contribution is 2.27. The molecule has 0 aromatic heterocycles. The maximum Gasteiger partial charge on any atom is 0.306 e. The molecule has 0 unspecified atom stereocenters. The van der Waals surface area contributed by atoms with Gasteiger partial charge < -0.3 is 15.8 Å². The lowest BCUT2D eigenvalue weighted by molar-refractivity contribution is -0.384. The zero-order chi connectivity index (χ0) is 22.3. The second kappa shape index (κ2) is 10.5. The van der Waals surface area contributed by atoms with Gasteiger partial charge in [-0.25, -0.2) is 0 Å². The van der Waals surface area contributed by atoms with E-state index in [4.69, 9.17) is 10.5 Å². The average Bonchev–Trinajstić information content (AvgIpc) is 2.70. The first-order valence-corrected chi connectivity index (χ1v) is 9.78. The molecule has 2 aromatic rings. The van der Waals surface area contributed by atoms with Crippen molar-refractivity contribution in [2.24, 2.45) is 5.73 Å². The summed E-state index contributed by atoms with van der Waals surface area (Å²) < 4.78 is 5.64. The van der Waals surface area contributed by atoms with Crippen molar-refractivity contribution in [2.75, 3.05) is 6.61 Å². The number of rotatable bonds is 9. The van der Waals surface area contributed by atoms with E-state index in [0.29, 0.717) is 10.0 Å². The lowest BCUT2D eigenvalue weighted by atomic mass is 9.87. The zero-order valence-corrected chi connectivity index (χ0v) is 17.6. The highest BCUT2D eigenvalue weighted by molar-refractivity contribution is 9.10. The number of hydrogen-bond acceptors (Lipinski definition) is 6. The van der Waals surface area contributed by atoms with E-state index in [1.54, 1.807) is 31.2 Å². The molecule has 30 heavy (non-hydrogen) atoms. The summed E-state index contributed by atoms with van der Waals surface area (Å²) in [6, 6.07) is 10.6. The van der Waals surface area contributed by atoms with Gasteiger partial charge in [0.25, 0.3) is 11.6 Å². The zero-order valence-electron chi connectivity index (χ0n) is 16.0. The summed E-state index contributed by atoms with van der Waals surface area (Å²) in [4.78, 5) is 47.3. The van der Waals surface area contributed by atoms with Gasteiger partial charge in [-0.1, -0.05) is 34.1 Å². The van der Waals surface area contributed by atoms with Gasteiger partial charge >= 0.3 is 5.97 Å². The Kier molecular flexibility index (Phi) is 8.05. The third-order valence-electron chi connectivity index (χ3n) is 4.31. The summed E-state index contributed by atoms with van der Waals surface area (Å²) in [6.07, 6.45) is -0.252. The van der Waals surface area contributed by atoms with Gasteiger partial charge in [0.2, 0.25) is 5.91 Å². The van der Waals surface area contributed by atoms with Gasteiger partial charge in [-0.05, 0) is 30.7 Å². The predicted octanol–water partition coefficient (Wildman–Crippen LogP) is 2.68. The predicted molar refractivity (Wildman–Crippen MR) is 112 cm³/mol. The van der Waals surface area contributed by atoms with Crippen LogP contribution >= 0.6 is 15.9 Å². The molecule has 0 fully saturated rings. The van der Waals surface area contributed by atoms with Crippen LogP contribution in [0.15, 0.2) is 53.0 Å². The van der Waals surface area contributed by atoms with E-state index in [-0.39, 0.29) is 24.3 Å². The number of carbonyl (C=O) groups excluding carboxylic acids is 3. The summed E-state index contributed by atoms with van der Waals surface area (Å²) in [5, 5.41) is 13.5. The topological polar surface area (TPSA) is 142 Å². The second-order valence-corrected chi connectivity index (χ2v) is 7.24. The number of hydrogen-bond donors (Lipinski definition) is 2. The number of ether oxygens (including phenoxy) is 1. The van der Waals surface area contributed by atoms with Crippen molar-refractivity contribution in [1.82, 2.24) is 5.32 Å². The van der Waals surface area contributed by atoms with Crippen LogP contribution in [0.2, 0.25) is 0 Å². The first kappa shape index (κ1) is 23.0. The number of primary amides is 1. The number of halogens is 1. The number of nitro groups is 1. The Hall–Kier alpha value is -3.27. The molecule has 0 aliphatic carbocycles. The van der Waals surface area contributed by atoms with E-state index in [9.17, 15) is 24.5 Å². The van der Waals surface area contributed by atoms with Crippen LogP contribution in [0, 0.1) is 10.1 Å². The Labute approximate surface area is 180 Å². The fourth-order valence-corrected chi connectivity index (χ4v) is 3.29. The SMILES string of the molecule is CCOC(=O)C[C@@H](c1ccc([N+](=O)[O-])cc1)[C@H](NC(=O)c1cccc(Br)c1)C(N)=O. The number of esters is 1. The molecule has 0 saturated carbocycles. The van der Waals surface area contributed by atoms with Crippen LogP contribution in [0.1, 0.15) is 35.2 Å². The Morgan fingerprint density at radius 3 is 2.40 bits per heavy atom. The second-order valence-electron chi connectivity index (χ2n) is 6.33. The minimum atomic E-state index is -1.25. The summed E-state index contributed by atoms with van der Waals surface area (Å²) in [7, 11) is 0. The van der Waals surface area contributed by atoms with Crippen LogP contribution in [0.25, 0.3) is 0 Å². The number of nitrogens with one attached hydrogen (secondary N) is 1. The number of nitro benzene ring substituents is 1. The molecule has 2 atom stereocenters. The van der Waals surface area contributed by atoms with Crippen molar-refractivity contribution in [3.05, 3.63) is 74.2 Å². The van der Waals surface area contributed by atoms with E-state index in [1.807, 2.05) is 0 Å². The lowest BCUT2D eigenvalue weighted by Gasteiger charge is -2.25. The normalized spacial score (nSPS) is 12.5. The van der Waals surface area contributed by atoms with Crippen molar-refractivity contribution >= 4 is 39.4 Å². The summed E-state index contributed by atoms with van der Waals surface area (Å²) >= 11 is 3.27. The Bertz CT molecular complexity index is 948. The molecule has 0 saturated heterocycles. The molecule has 2 amide bonds. The van der Waals surface area contributed by atoms with E-state index in [0.717, 1.165) is 0 Å². The van der Waals surface area contributed by atoms with Crippen molar-refractivity contribution in [2.45, 2.75) is 25.3 Å². The Morgan fingerprint density at radius 2 is 1.87 bits per heavy atom. The van der Waals surface area contributed by atoms with Crippen LogP contribution in [0.5, 0.6) is 0 Å².